The summed E-state index contributed by atoms with van der Waals surface area (Å²) in [6.45, 7) is 2.19. The van der Waals surface area contributed by atoms with Gasteiger partial charge in [0.2, 0.25) is 0 Å². The lowest BCUT2D eigenvalue weighted by Crippen LogP contribution is -2.29. The molecule has 29 heavy (non-hydrogen) atoms. The zero-order valence-corrected chi connectivity index (χ0v) is 16.6. The Hall–Kier alpha value is -2.04. The van der Waals surface area contributed by atoms with Crippen molar-refractivity contribution >= 4 is 0 Å². The van der Waals surface area contributed by atoms with E-state index in [2.05, 4.69) is 11.7 Å². The first kappa shape index (κ1) is 20.2. The monoisotopic (exact) mass is 406 g/mol. The second kappa shape index (κ2) is 8.00. The molecule has 0 N–H and O–H groups in total. The molecule has 0 bridgehead atoms. The molecule has 0 aromatic heterocycles. The average molecular weight is 406 g/mol. The lowest BCUT2D eigenvalue weighted by Gasteiger charge is -2.29. The van der Waals surface area contributed by atoms with Gasteiger partial charge in [0.05, 0.1) is 12.0 Å². The molecule has 1 saturated carbocycles. The van der Waals surface area contributed by atoms with Gasteiger partial charge < -0.3 is 4.74 Å². The molecule has 2 aromatic carbocycles. The van der Waals surface area contributed by atoms with Crippen LogP contribution in [-0.4, -0.2) is 6.11 Å². The van der Waals surface area contributed by atoms with Crippen LogP contribution in [0.3, 0.4) is 0 Å². The van der Waals surface area contributed by atoms with Gasteiger partial charge in [-0.05, 0) is 84.9 Å². The Bertz CT molecular complexity index is 861. The molecule has 1 aliphatic heterocycles. The molecule has 1 heterocycles. The van der Waals surface area contributed by atoms with Gasteiger partial charge in [-0.25, -0.2) is 8.78 Å². The highest BCUT2D eigenvalue weighted by atomic mass is 19.3. The highest BCUT2D eigenvalue weighted by Gasteiger charge is 2.36. The zero-order valence-electron chi connectivity index (χ0n) is 16.6. The predicted octanol–water partition coefficient (Wildman–Crippen LogP) is 7.62. The van der Waals surface area contributed by atoms with Crippen molar-refractivity contribution in [3.05, 3.63) is 53.1 Å². The van der Waals surface area contributed by atoms with Crippen LogP contribution in [0, 0.1) is 17.6 Å². The standard InChI is InChI=1S/C24H26F4O/c1-2-3-15-4-6-16(7-5-15)19-13-20(25)23(21(26)14-19)18-8-9-22-17(12-18)10-11-24(27,28)29-22/h8-9,12-16H,2-7,10-11H2,1H3. The van der Waals surface area contributed by atoms with E-state index in [-0.39, 0.29) is 23.7 Å². The molecule has 1 fully saturated rings. The maximum absolute atomic E-state index is 14.9. The van der Waals surface area contributed by atoms with Gasteiger partial charge in [0.15, 0.2) is 0 Å². The van der Waals surface area contributed by atoms with E-state index in [1.54, 1.807) is 6.07 Å². The summed E-state index contributed by atoms with van der Waals surface area (Å²) in [5.41, 5.74) is 1.52. The third kappa shape index (κ3) is 4.29. The molecule has 2 aliphatic rings. The molecule has 5 heteroatoms. The first-order valence-electron chi connectivity index (χ1n) is 10.6. The third-order valence-corrected chi connectivity index (χ3v) is 6.37. The second-order valence-corrected chi connectivity index (χ2v) is 8.43. The molecular formula is C24H26F4O. The van der Waals surface area contributed by atoms with Crippen LogP contribution in [0.25, 0.3) is 11.1 Å². The van der Waals surface area contributed by atoms with Gasteiger partial charge in [-0.15, -0.1) is 0 Å². The quantitative estimate of drug-likeness (QED) is 0.475. The van der Waals surface area contributed by atoms with E-state index >= 15 is 0 Å². The van der Waals surface area contributed by atoms with Crippen molar-refractivity contribution in [2.45, 2.75) is 70.3 Å². The van der Waals surface area contributed by atoms with E-state index in [4.69, 9.17) is 0 Å². The minimum absolute atomic E-state index is 0.0753. The Labute approximate surface area is 169 Å². The highest BCUT2D eigenvalue weighted by molar-refractivity contribution is 5.68. The van der Waals surface area contributed by atoms with Gasteiger partial charge >= 0.3 is 6.11 Å². The smallest absolute Gasteiger partial charge is 0.398 e. The first-order chi connectivity index (χ1) is 13.9. The van der Waals surface area contributed by atoms with E-state index in [9.17, 15) is 17.6 Å². The zero-order chi connectivity index (χ0) is 20.6. The molecule has 156 valence electrons. The summed E-state index contributed by atoms with van der Waals surface area (Å²) in [6.07, 6.45) is 3.03. The molecular weight excluding hydrogens is 380 g/mol. The summed E-state index contributed by atoms with van der Waals surface area (Å²) in [7, 11) is 0. The number of hydrogen-bond donors (Lipinski definition) is 0. The predicted molar refractivity (Wildman–Crippen MR) is 105 cm³/mol. The second-order valence-electron chi connectivity index (χ2n) is 8.43. The highest BCUT2D eigenvalue weighted by Crippen LogP contribution is 2.41. The van der Waals surface area contributed by atoms with E-state index in [1.165, 1.54) is 37.1 Å². The SMILES string of the molecule is CCCC1CCC(c2cc(F)c(-c3ccc4c(c3)CCC(F)(F)O4)c(F)c2)CC1. The van der Waals surface area contributed by atoms with E-state index < -0.39 is 24.2 Å². The van der Waals surface area contributed by atoms with Crippen LogP contribution in [0.2, 0.25) is 0 Å². The van der Waals surface area contributed by atoms with E-state index in [1.807, 2.05) is 0 Å². The van der Waals surface area contributed by atoms with Crippen LogP contribution in [-0.2, 0) is 6.42 Å². The number of benzene rings is 2. The number of halogens is 4. The van der Waals surface area contributed by atoms with Gasteiger partial charge in [0, 0.05) is 0 Å². The minimum atomic E-state index is -3.19. The fourth-order valence-corrected chi connectivity index (χ4v) is 4.82. The summed E-state index contributed by atoms with van der Waals surface area (Å²) in [6, 6.07) is 7.28. The van der Waals surface area contributed by atoms with Crippen LogP contribution >= 0.6 is 0 Å². The summed E-state index contributed by atoms with van der Waals surface area (Å²) in [4.78, 5) is 0. The Morgan fingerprint density at radius 3 is 2.34 bits per heavy atom. The number of hydrogen-bond acceptors (Lipinski definition) is 1. The molecule has 0 amide bonds. The van der Waals surface area contributed by atoms with Crippen LogP contribution in [0.4, 0.5) is 17.6 Å². The van der Waals surface area contributed by atoms with Crippen LogP contribution in [0.15, 0.2) is 30.3 Å². The normalized spacial score (nSPS) is 23.3. The first-order valence-corrected chi connectivity index (χ1v) is 10.6. The largest absolute Gasteiger partial charge is 0.432 e. The Kier molecular flexibility index (Phi) is 5.58. The van der Waals surface area contributed by atoms with Gasteiger partial charge in [-0.2, -0.15) is 8.78 Å². The Morgan fingerprint density at radius 2 is 1.69 bits per heavy atom. The van der Waals surface area contributed by atoms with Crippen molar-refractivity contribution in [3.63, 3.8) is 0 Å². The number of fused-ring (bicyclic) bond motifs is 1. The van der Waals surface area contributed by atoms with Gasteiger partial charge in [0.1, 0.15) is 17.4 Å². The van der Waals surface area contributed by atoms with Crippen LogP contribution in [0.1, 0.15) is 68.9 Å². The van der Waals surface area contributed by atoms with Gasteiger partial charge in [-0.3, -0.25) is 0 Å². The molecule has 0 saturated heterocycles. The minimum Gasteiger partial charge on any atom is -0.432 e. The number of ether oxygens (including phenoxy) is 1. The fraction of sp³-hybridized carbons (Fsp3) is 0.500. The molecule has 0 atom stereocenters. The molecule has 0 unspecified atom stereocenters. The van der Waals surface area contributed by atoms with Crippen LogP contribution < -0.4 is 4.74 Å². The molecule has 4 rings (SSSR count). The Morgan fingerprint density at radius 1 is 1.00 bits per heavy atom. The maximum Gasteiger partial charge on any atom is 0.398 e. The van der Waals surface area contributed by atoms with Crippen molar-refractivity contribution in [3.8, 4) is 16.9 Å². The van der Waals surface area contributed by atoms with E-state index in [0.29, 0.717) is 11.1 Å². The van der Waals surface area contributed by atoms with Crippen LogP contribution in [0.5, 0.6) is 5.75 Å². The maximum atomic E-state index is 14.9. The summed E-state index contributed by atoms with van der Waals surface area (Å²) >= 11 is 0. The Balaban J connectivity index is 1.57. The number of aryl methyl sites for hydroxylation is 1. The van der Waals surface area contributed by atoms with Crippen molar-refractivity contribution in [2.75, 3.05) is 0 Å². The van der Waals surface area contributed by atoms with E-state index in [0.717, 1.165) is 37.2 Å². The molecule has 2 aromatic rings. The number of alkyl halides is 2. The van der Waals surface area contributed by atoms with Crippen molar-refractivity contribution in [1.82, 2.24) is 0 Å². The fourth-order valence-electron chi connectivity index (χ4n) is 4.82. The number of rotatable bonds is 4. The molecule has 1 aliphatic carbocycles. The van der Waals surface area contributed by atoms with Gasteiger partial charge in [0.25, 0.3) is 0 Å². The molecule has 1 nitrogen and oxygen atoms in total. The lowest BCUT2D eigenvalue weighted by molar-refractivity contribution is -0.187. The van der Waals surface area contributed by atoms with Crippen molar-refractivity contribution in [2.24, 2.45) is 5.92 Å². The summed E-state index contributed by atoms with van der Waals surface area (Å²) in [5.74, 6) is -0.197. The van der Waals surface area contributed by atoms with Gasteiger partial charge in [-0.1, -0.05) is 25.8 Å². The topological polar surface area (TPSA) is 9.23 Å². The lowest BCUT2D eigenvalue weighted by atomic mass is 9.77. The molecule has 0 spiro atoms. The summed E-state index contributed by atoms with van der Waals surface area (Å²) < 4.78 is 61.3. The third-order valence-electron chi connectivity index (χ3n) is 6.37. The average Bonchev–Trinajstić information content (AvgIpc) is 2.68. The summed E-state index contributed by atoms with van der Waals surface area (Å²) in [5, 5.41) is 0. The van der Waals surface area contributed by atoms with Crippen molar-refractivity contribution < 1.29 is 22.3 Å². The van der Waals surface area contributed by atoms with Crippen molar-refractivity contribution in [1.29, 1.82) is 0 Å². The molecule has 0 radical (unpaired) electrons.